The monoisotopic (exact) mass is 366 g/mol. The third kappa shape index (κ3) is 3.59. The third-order valence-electron chi connectivity index (χ3n) is 4.08. The molecule has 1 aromatic carbocycles. The van der Waals surface area contributed by atoms with Gasteiger partial charge in [-0.25, -0.2) is 13.1 Å². The van der Waals surface area contributed by atoms with Crippen LogP contribution in [0.4, 0.5) is 0 Å². The van der Waals surface area contributed by atoms with Gasteiger partial charge in [0.25, 0.3) is 0 Å². The number of hydrogen-bond donors (Lipinski definition) is 0. The topological polar surface area (TPSA) is 87.5 Å². The number of carbonyl (C=O) groups excluding carboxylic acids is 1. The lowest BCUT2D eigenvalue weighted by Gasteiger charge is -2.15. The number of ether oxygens (including phenoxy) is 2. The van der Waals surface area contributed by atoms with Gasteiger partial charge in [0.2, 0.25) is 5.88 Å². The van der Waals surface area contributed by atoms with Crippen molar-refractivity contribution in [2.45, 2.75) is 25.7 Å². The third-order valence-corrected chi connectivity index (χ3v) is 5.45. The summed E-state index contributed by atoms with van der Waals surface area (Å²) in [5, 5.41) is 4.07. The van der Waals surface area contributed by atoms with Crippen LogP contribution >= 0.6 is 0 Å². The van der Waals surface area contributed by atoms with Gasteiger partial charge in [-0.2, -0.15) is 5.10 Å². The second-order valence-electron chi connectivity index (χ2n) is 5.96. The number of ketones is 1. The molecule has 0 N–H and O–H groups in total. The fraction of sp³-hybridized carbons (Fsp3) is 0.412. The highest BCUT2D eigenvalue weighted by Crippen LogP contribution is 2.29. The number of rotatable bonds is 6. The molecule has 0 aliphatic heterocycles. The minimum Gasteiger partial charge on any atom is -0.450 e. The number of benzene rings is 1. The summed E-state index contributed by atoms with van der Waals surface area (Å²) in [6.07, 6.45) is 2.60. The Balaban J connectivity index is 2.59. The van der Waals surface area contributed by atoms with Gasteiger partial charge in [0.15, 0.2) is 22.4 Å². The summed E-state index contributed by atoms with van der Waals surface area (Å²) in [4.78, 5) is 13.3. The second-order valence-corrected chi connectivity index (χ2v) is 7.91. The molecule has 0 spiro atoms. The van der Waals surface area contributed by atoms with Gasteiger partial charge < -0.3 is 9.47 Å². The highest BCUT2D eigenvalue weighted by molar-refractivity contribution is 7.90. The summed E-state index contributed by atoms with van der Waals surface area (Å²) < 4.78 is 35.8. The largest absolute Gasteiger partial charge is 0.450 e. The predicted molar refractivity (Wildman–Crippen MR) is 92.9 cm³/mol. The van der Waals surface area contributed by atoms with Crippen LogP contribution in [0, 0.1) is 20.8 Å². The van der Waals surface area contributed by atoms with E-state index in [9.17, 15) is 13.2 Å². The van der Waals surface area contributed by atoms with E-state index in [1.807, 2.05) is 0 Å². The van der Waals surface area contributed by atoms with Gasteiger partial charge in [-0.3, -0.25) is 4.79 Å². The normalized spacial score (nSPS) is 11.6. The molecular weight excluding hydrogens is 344 g/mol. The number of aromatic nitrogens is 2. The zero-order chi connectivity index (χ0) is 18.9. The van der Waals surface area contributed by atoms with E-state index in [0.717, 1.165) is 0 Å². The molecule has 1 aromatic heterocycles. The summed E-state index contributed by atoms with van der Waals surface area (Å²) in [7, 11) is -0.229. The molecule has 0 radical (unpaired) electrons. The summed E-state index contributed by atoms with van der Waals surface area (Å²) in [5.74, 6) is 0.0247. The molecular formula is C17H22N2O5S. The Labute approximate surface area is 147 Å². The van der Waals surface area contributed by atoms with Crippen LogP contribution < -0.4 is 4.74 Å². The molecule has 0 saturated heterocycles. The quantitative estimate of drug-likeness (QED) is 0.574. The van der Waals surface area contributed by atoms with Crippen molar-refractivity contribution in [1.82, 2.24) is 9.78 Å². The van der Waals surface area contributed by atoms with E-state index in [4.69, 9.17) is 9.47 Å². The average molecular weight is 366 g/mol. The molecule has 0 atom stereocenters. The fourth-order valence-corrected chi connectivity index (χ4v) is 4.23. The lowest BCUT2D eigenvalue weighted by molar-refractivity contribution is 0.0441. The number of aryl methyl sites for hydroxylation is 2. The number of sulfone groups is 1. The van der Waals surface area contributed by atoms with Crippen molar-refractivity contribution >= 4 is 15.6 Å². The molecule has 0 saturated carbocycles. The second kappa shape index (κ2) is 6.97. The first-order valence-electron chi connectivity index (χ1n) is 7.58. The van der Waals surface area contributed by atoms with Crippen molar-refractivity contribution in [3.63, 3.8) is 0 Å². The van der Waals surface area contributed by atoms with Gasteiger partial charge in [0.05, 0.1) is 11.1 Å². The van der Waals surface area contributed by atoms with Gasteiger partial charge in [-0.15, -0.1) is 0 Å². The molecule has 0 aliphatic carbocycles. The zero-order valence-corrected chi connectivity index (χ0v) is 16.0. The number of hydrogen-bond acceptors (Lipinski definition) is 6. The Bertz CT molecular complexity index is 929. The average Bonchev–Trinajstić information content (AvgIpc) is 2.87. The Hall–Kier alpha value is -2.19. The molecule has 8 heteroatoms. The zero-order valence-electron chi connectivity index (χ0n) is 15.2. The van der Waals surface area contributed by atoms with Crippen LogP contribution in [0.1, 0.15) is 32.6 Å². The van der Waals surface area contributed by atoms with Crippen molar-refractivity contribution in [3.8, 4) is 5.88 Å². The van der Waals surface area contributed by atoms with E-state index in [0.29, 0.717) is 33.7 Å². The molecule has 0 aliphatic rings. The molecule has 2 rings (SSSR count). The fourth-order valence-electron chi connectivity index (χ4n) is 2.88. The Kier molecular flexibility index (Phi) is 5.34. The minimum absolute atomic E-state index is 0.0101. The number of nitrogens with zero attached hydrogens (tertiary/aromatic N) is 2. The van der Waals surface area contributed by atoms with Gasteiger partial charge >= 0.3 is 0 Å². The Morgan fingerprint density at radius 1 is 1.20 bits per heavy atom. The van der Waals surface area contributed by atoms with Crippen molar-refractivity contribution in [1.29, 1.82) is 0 Å². The molecule has 0 fully saturated rings. The van der Waals surface area contributed by atoms with Gasteiger partial charge in [-0.05, 0) is 43.5 Å². The van der Waals surface area contributed by atoms with Gasteiger partial charge in [0, 0.05) is 26.0 Å². The molecule has 2 aromatic rings. The summed E-state index contributed by atoms with van der Waals surface area (Å²) in [5.41, 5.74) is 2.47. The van der Waals surface area contributed by atoms with E-state index >= 15 is 0 Å². The van der Waals surface area contributed by atoms with E-state index in [1.54, 1.807) is 33.9 Å². The molecule has 1 heterocycles. The van der Waals surface area contributed by atoms with E-state index < -0.39 is 9.84 Å². The molecule has 0 bridgehead atoms. The van der Waals surface area contributed by atoms with Crippen LogP contribution in [0.2, 0.25) is 0 Å². The van der Waals surface area contributed by atoms with Crippen LogP contribution in [0.15, 0.2) is 17.2 Å². The molecule has 0 amide bonds. The van der Waals surface area contributed by atoms with Crippen LogP contribution in [-0.4, -0.2) is 44.1 Å². The van der Waals surface area contributed by atoms with Crippen LogP contribution in [0.25, 0.3) is 0 Å². The van der Waals surface area contributed by atoms with Gasteiger partial charge in [-0.1, -0.05) is 0 Å². The van der Waals surface area contributed by atoms with Crippen molar-refractivity contribution in [2.24, 2.45) is 7.05 Å². The summed E-state index contributed by atoms with van der Waals surface area (Å²) in [6.45, 7) is 5.12. The highest BCUT2D eigenvalue weighted by atomic mass is 32.2. The number of methoxy groups -OCH3 is 1. The first kappa shape index (κ1) is 19.1. The molecule has 136 valence electrons. The summed E-state index contributed by atoms with van der Waals surface area (Å²) in [6, 6.07) is 1.61. The van der Waals surface area contributed by atoms with E-state index in [1.165, 1.54) is 24.2 Å². The van der Waals surface area contributed by atoms with Gasteiger partial charge in [0.1, 0.15) is 5.56 Å². The van der Waals surface area contributed by atoms with Crippen molar-refractivity contribution in [2.75, 3.05) is 20.2 Å². The summed E-state index contributed by atoms with van der Waals surface area (Å²) >= 11 is 0. The van der Waals surface area contributed by atoms with E-state index in [-0.39, 0.29) is 17.5 Å². The Morgan fingerprint density at radius 2 is 1.84 bits per heavy atom. The first-order chi connectivity index (χ1) is 11.6. The van der Waals surface area contributed by atoms with Crippen molar-refractivity contribution in [3.05, 3.63) is 40.1 Å². The van der Waals surface area contributed by atoms with E-state index in [2.05, 4.69) is 5.10 Å². The predicted octanol–water partition coefficient (Wildman–Crippen LogP) is 1.96. The minimum atomic E-state index is -3.38. The van der Waals surface area contributed by atoms with Crippen molar-refractivity contribution < 1.29 is 22.7 Å². The molecule has 25 heavy (non-hydrogen) atoms. The maximum atomic E-state index is 13.0. The maximum Gasteiger partial charge on any atom is 0.225 e. The van der Waals surface area contributed by atoms with Crippen LogP contribution in [0.3, 0.4) is 0 Å². The molecule has 7 nitrogen and oxygen atoms in total. The maximum absolute atomic E-state index is 13.0. The number of carbonyl (C=O) groups is 1. The Morgan fingerprint density at radius 3 is 2.40 bits per heavy atom. The SMILES string of the molecule is COCOc1c(C(=O)c2cc(C)c(S(C)(=O)=O)c(C)c2C)cnn1C. The standard InChI is InChI=1S/C17H22N2O5S/c1-10-7-13(11(2)12(3)16(10)25(6,21)22)15(20)14-8-18-19(4)17(14)24-9-23-5/h7-8H,9H2,1-6H3. The lowest BCUT2D eigenvalue weighted by Crippen LogP contribution is -2.12. The lowest BCUT2D eigenvalue weighted by atomic mass is 9.95. The smallest absolute Gasteiger partial charge is 0.225 e. The first-order valence-corrected chi connectivity index (χ1v) is 9.48. The van der Waals surface area contributed by atoms with Crippen LogP contribution in [-0.2, 0) is 21.6 Å². The van der Waals surface area contributed by atoms with Crippen LogP contribution in [0.5, 0.6) is 5.88 Å². The highest BCUT2D eigenvalue weighted by Gasteiger charge is 2.25. The molecule has 0 unspecified atom stereocenters.